The monoisotopic (exact) mass is 213 g/mol. The first kappa shape index (κ1) is 11.0. The van der Waals surface area contributed by atoms with Gasteiger partial charge in [0.1, 0.15) is 0 Å². The van der Waals surface area contributed by atoms with Crippen molar-refractivity contribution in [3.05, 3.63) is 29.1 Å². The largest absolute Gasteiger partial charge is 0.493 e. The molecule has 3 nitrogen and oxygen atoms in total. The maximum atomic E-state index is 8.76. The lowest BCUT2D eigenvalue weighted by Crippen LogP contribution is -1.98. The molecular weight excluding hydrogens is 202 g/mol. The second-order valence-corrected chi connectivity index (χ2v) is 3.06. The Balaban J connectivity index is 3.17. The summed E-state index contributed by atoms with van der Waals surface area (Å²) < 4.78 is 5.07. The number of aromatic nitrogens is 1. The summed E-state index contributed by atoms with van der Waals surface area (Å²) in [5.74, 6) is 0.517. The van der Waals surface area contributed by atoms with Gasteiger partial charge in [0.15, 0.2) is 10.9 Å². The third-order valence-corrected chi connectivity index (χ3v) is 2.06. The van der Waals surface area contributed by atoms with Crippen molar-refractivity contribution in [3.8, 4) is 5.75 Å². The van der Waals surface area contributed by atoms with Crippen molar-refractivity contribution in [2.75, 3.05) is 13.7 Å². The first-order chi connectivity index (χ1) is 6.72. The predicted octanol–water partition coefficient (Wildman–Crippen LogP) is 1.92. The maximum Gasteiger partial charge on any atom is 0.171 e. The van der Waals surface area contributed by atoms with Crippen molar-refractivity contribution in [1.82, 2.24) is 4.98 Å². The Morgan fingerprint density at radius 3 is 2.93 bits per heavy atom. The molecule has 0 amide bonds. The van der Waals surface area contributed by atoms with Gasteiger partial charge in [-0.2, -0.15) is 0 Å². The number of pyridine rings is 1. The van der Waals surface area contributed by atoms with Crippen LogP contribution in [-0.4, -0.2) is 23.8 Å². The number of rotatable bonds is 4. The number of hydrogen-bond donors (Lipinski definition) is 1. The van der Waals surface area contributed by atoms with Gasteiger partial charge in [-0.1, -0.05) is 24.3 Å². The van der Waals surface area contributed by atoms with Crippen molar-refractivity contribution in [2.24, 2.45) is 0 Å². The molecule has 1 rings (SSSR count). The Morgan fingerprint density at radius 1 is 1.71 bits per heavy atom. The van der Waals surface area contributed by atoms with Gasteiger partial charge in [-0.3, -0.25) is 0 Å². The lowest BCUT2D eigenvalue weighted by Gasteiger charge is -2.08. The highest BCUT2D eigenvalue weighted by molar-refractivity contribution is 6.31. The zero-order valence-electron chi connectivity index (χ0n) is 7.96. The number of aliphatic hydroxyl groups excluding tert-OH is 1. The van der Waals surface area contributed by atoms with Crippen LogP contribution in [0.1, 0.15) is 11.3 Å². The quantitative estimate of drug-likeness (QED) is 0.778. The van der Waals surface area contributed by atoms with E-state index in [1.54, 1.807) is 12.1 Å². The molecule has 0 saturated heterocycles. The minimum Gasteiger partial charge on any atom is -0.493 e. The van der Waals surface area contributed by atoms with E-state index in [1.165, 1.54) is 7.11 Å². The number of halogens is 1. The molecule has 1 heterocycles. The molecule has 0 aromatic carbocycles. The summed E-state index contributed by atoms with van der Waals surface area (Å²) in [6.07, 6.45) is 2.12. The molecule has 1 N–H and O–H groups in total. The van der Waals surface area contributed by atoms with Crippen LogP contribution in [0.4, 0.5) is 0 Å². The third-order valence-electron chi connectivity index (χ3n) is 1.81. The lowest BCUT2D eigenvalue weighted by atomic mass is 10.2. The molecule has 1 aromatic heterocycles. The van der Waals surface area contributed by atoms with Crippen LogP contribution in [0.25, 0.3) is 6.08 Å². The lowest BCUT2D eigenvalue weighted by molar-refractivity contribution is 0.298. The normalized spacial score (nSPS) is 9.93. The molecular formula is C10H12ClNO2. The van der Waals surface area contributed by atoms with Crippen LogP contribution in [0.3, 0.4) is 0 Å². The van der Waals surface area contributed by atoms with Gasteiger partial charge in [-0.05, 0) is 6.07 Å². The van der Waals surface area contributed by atoms with Crippen LogP contribution in [0, 0.1) is 0 Å². The van der Waals surface area contributed by atoms with E-state index in [0.29, 0.717) is 17.3 Å². The SMILES string of the molecule is C=Cc1cc(CCO)nc(Cl)c1OC. The standard InChI is InChI=1S/C10H12ClNO2/c1-3-7-6-8(4-5-13)12-10(11)9(7)14-2/h3,6,13H,1,4-5H2,2H3. The Kier molecular flexibility index (Phi) is 3.92. The van der Waals surface area contributed by atoms with Gasteiger partial charge in [0.25, 0.3) is 0 Å². The molecule has 0 fully saturated rings. The van der Waals surface area contributed by atoms with Crippen LogP contribution < -0.4 is 4.74 Å². The van der Waals surface area contributed by atoms with Gasteiger partial charge in [0.2, 0.25) is 0 Å². The number of ether oxygens (including phenoxy) is 1. The Morgan fingerprint density at radius 2 is 2.43 bits per heavy atom. The highest BCUT2D eigenvalue weighted by Gasteiger charge is 2.08. The fourth-order valence-electron chi connectivity index (χ4n) is 1.17. The molecule has 76 valence electrons. The molecule has 0 radical (unpaired) electrons. The molecule has 0 aliphatic rings. The van der Waals surface area contributed by atoms with Gasteiger partial charge < -0.3 is 9.84 Å². The van der Waals surface area contributed by atoms with E-state index in [4.69, 9.17) is 21.4 Å². The first-order valence-corrected chi connectivity index (χ1v) is 4.57. The van der Waals surface area contributed by atoms with Crippen molar-refractivity contribution < 1.29 is 9.84 Å². The van der Waals surface area contributed by atoms with Gasteiger partial charge >= 0.3 is 0 Å². The van der Waals surface area contributed by atoms with Crippen molar-refractivity contribution in [3.63, 3.8) is 0 Å². The summed E-state index contributed by atoms with van der Waals surface area (Å²) in [4.78, 5) is 4.07. The summed E-state index contributed by atoms with van der Waals surface area (Å²) in [5.41, 5.74) is 1.52. The minimum atomic E-state index is 0.0479. The van der Waals surface area contributed by atoms with Crippen LogP contribution in [-0.2, 0) is 6.42 Å². The second kappa shape index (κ2) is 4.98. The summed E-state index contributed by atoms with van der Waals surface area (Å²) in [6, 6.07) is 1.80. The molecule has 0 unspecified atom stereocenters. The summed E-state index contributed by atoms with van der Waals surface area (Å²) in [5, 5.41) is 9.06. The van der Waals surface area contributed by atoms with E-state index in [1.807, 2.05) is 0 Å². The van der Waals surface area contributed by atoms with Gasteiger partial charge in [0.05, 0.1) is 7.11 Å². The Hall–Kier alpha value is -1.06. The average Bonchev–Trinajstić information content (AvgIpc) is 2.17. The summed E-state index contributed by atoms with van der Waals surface area (Å²) in [6.45, 7) is 3.70. The van der Waals surface area contributed by atoms with Crippen molar-refractivity contribution >= 4 is 17.7 Å². The van der Waals surface area contributed by atoms with E-state index in [0.717, 1.165) is 11.3 Å². The highest BCUT2D eigenvalue weighted by atomic mass is 35.5. The van der Waals surface area contributed by atoms with Crippen LogP contribution in [0.2, 0.25) is 5.15 Å². The number of hydrogen-bond acceptors (Lipinski definition) is 3. The third kappa shape index (κ3) is 2.25. The topological polar surface area (TPSA) is 42.4 Å². The van der Waals surface area contributed by atoms with E-state index in [9.17, 15) is 0 Å². The summed E-state index contributed by atoms with van der Waals surface area (Å²) >= 11 is 5.88. The van der Waals surface area contributed by atoms with Crippen LogP contribution in [0.5, 0.6) is 5.75 Å². The van der Waals surface area contributed by atoms with Crippen molar-refractivity contribution in [2.45, 2.75) is 6.42 Å². The maximum absolute atomic E-state index is 8.76. The van der Waals surface area contributed by atoms with E-state index < -0.39 is 0 Å². The molecule has 1 aromatic rings. The van der Waals surface area contributed by atoms with Gasteiger partial charge in [0, 0.05) is 24.3 Å². The van der Waals surface area contributed by atoms with E-state index in [-0.39, 0.29) is 6.61 Å². The van der Waals surface area contributed by atoms with Crippen LogP contribution >= 0.6 is 11.6 Å². The molecule has 14 heavy (non-hydrogen) atoms. The highest BCUT2D eigenvalue weighted by Crippen LogP contribution is 2.28. The number of aliphatic hydroxyl groups is 1. The minimum absolute atomic E-state index is 0.0479. The molecule has 0 aliphatic carbocycles. The van der Waals surface area contributed by atoms with E-state index in [2.05, 4.69) is 11.6 Å². The van der Waals surface area contributed by atoms with Crippen molar-refractivity contribution in [1.29, 1.82) is 0 Å². The first-order valence-electron chi connectivity index (χ1n) is 4.19. The fourth-order valence-corrected chi connectivity index (χ4v) is 1.46. The van der Waals surface area contributed by atoms with Crippen LogP contribution in [0.15, 0.2) is 12.6 Å². The molecule has 0 atom stereocenters. The number of nitrogens with zero attached hydrogens (tertiary/aromatic N) is 1. The zero-order valence-corrected chi connectivity index (χ0v) is 8.71. The van der Waals surface area contributed by atoms with Gasteiger partial charge in [-0.25, -0.2) is 4.98 Å². The number of methoxy groups -OCH3 is 1. The Bertz CT molecular complexity index is 339. The molecule has 0 bridgehead atoms. The summed E-state index contributed by atoms with van der Waals surface area (Å²) in [7, 11) is 1.53. The molecule has 0 saturated carbocycles. The molecule has 4 heteroatoms. The molecule has 0 aliphatic heterocycles. The average molecular weight is 214 g/mol. The molecule has 0 spiro atoms. The Labute approximate surface area is 88.0 Å². The smallest absolute Gasteiger partial charge is 0.171 e. The predicted molar refractivity (Wildman–Crippen MR) is 56.7 cm³/mol. The van der Waals surface area contributed by atoms with Gasteiger partial charge in [-0.15, -0.1) is 0 Å². The van der Waals surface area contributed by atoms with E-state index >= 15 is 0 Å². The zero-order chi connectivity index (χ0) is 10.6. The second-order valence-electron chi connectivity index (χ2n) is 2.70. The fraction of sp³-hybridized carbons (Fsp3) is 0.300.